The third-order valence-electron chi connectivity index (χ3n) is 8.82. The van der Waals surface area contributed by atoms with Crippen molar-refractivity contribution in [3.05, 3.63) is 221 Å². The van der Waals surface area contributed by atoms with E-state index >= 15 is 0 Å². The molecular formula is C46H42N8Na2O3S3. The number of hydrogen-bond donors (Lipinski definition) is 7. The Morgan fingerprint density at radius 1 is 0.468 bits per heavy atom. The van der Waals surface area contributed by atoms with E-state index in [0.717, 1.165) is 50.4 Å². The van der Waals surface area contributed by atoms with Crippen molar-refractivity contribution in [1.82, 2.24) is 8.83 Å². The molecule has 2 aliphatic heterocycles. The van der Waals surface area contributed by atoms with Crippen LogP contribution < -0.4 is 32.1 Å². The number of hydrogen-bond acceptors (Lipinski definition) is 12. The monoisotopic (exact) mass is 896 g/mol. The van der Waals surface area contributed by atoms with Gasteiger partial charge >= 0.3 is 59.1 Å². The average molecular weight is 897 g/mol. The number of anilines is 6. The molecule has 0 fully saturated rings. The average Bonchev–Trinajstić information content (AvgIpc) is 3.25. The molecule has 0 amide bonds. The minimum atomic E-state index is -4.58. The molecule has 304 valence electrons. The fourth-order valence-corrected chi connectivity index (χ4v) is 8.52. The van der Waals surface area contributed by atoms with Gasteiger partial charge in [-0.15, -0.1) is 0 Å². The molecule has 7 N–H and O–H groups in total. The predicted molar refractivity (Wildman–Crippen MR) is 265 cm³/mol. The van der Waals surface area contributed by atoms with E-state index in [1.54, 1.807) is 18.2 Å². The second-order valence-electron chi connectivity index (χ2n) is 13.4. The minimum absolute atomic E-state index is 0. The molecule has 0 saturated carbocycles. The first-order valence-corrected chi connectivity index (χ1v) is 21.8. The summed E-state index contributed by atoms with van der Waals surface area (Å²) >= 11 is 2.89. The molecule has 0 aliphatic carbocycles. The van der Waals surface area contributed by atoms with E-state index in [0.29, 0.717) is 16.3 Å². The van der Waals surface area contributed by atoms with E-state index in [4.69, 9.17) is 0 Å². The molecule has 2 aliphatic rings. The Bertz CT molecular complexity index is 2690. The number of nitrogens with one attached hydrogen (secondary N) is 6. The Hall–Kier alpha value is -4.97. The first kappa shape index (κ1) is 46.5. The summed E-state index contributed by atoms with van der Waals surface area (Å²) in [7, 11) is -4.58. The van der Waals surface area contributed by atoms with Crippen LogP contribution in [0.15, 0.2) is 215 Å². The van der Waals surface area contributed by atoms with Gasteiger partial charge in [0, 0.05) is 46.6 Å². The van der Waals surface area contributed by atoms with Crippen LogP contribution in [0.25, 0.3) is 12.2 Å². The van der Waals surface area contributed by atoms with Crippen molar-refractivity contribution >= 4 is 139 Å². The first-order chi connectivity index (χ1) is 29.3. The van der Waals surface area contributed by atoms with Gasteiger partial charge in [-0.2, -0.15) is 8.42 Å². The van der Waals surface area contributed by atoms with E-state index in [1.807, 2.05) is 185 Å². The van der Waals surface area contributed by atoms with Gasteiger partial charge in [0.05, 0.1) is 45.2 Å². The normalized spacial score (nSPS) is 13.6. The Balaban J connectivity index is 0.00000321. The number of allylic oxidation sites excluding steroid dienone is 2. The van der Waals surface area contributed by atoms with E-state index in [2.05, 4.69) is 32.1 Å². The SMILES string of the molecule is O=S(=O)(O)c1cc(NC2=CC(Nc3ccccc3)=CN(Nc3ccccc3)S2)ccc1C=Cc1ccc(NC2=CC(Nc3ccccc3)=CN(Nc3ccccc3)S2)cc1.[NaH].[NaH]. The summed E-state index contributed by atoms with van der Waals surface area (Å²) in [6.45, 7) is 0. The molecule has 6 aromatic rings. The van der Waals surface area contributed by atoms with Gasteiger partial charge in [0.15, 0.2) is 0 Å². The zero-order valence-corrected chi connectivity index (χ0v) is 34.4. The topological polar surface area (TPSA) is 133 Å². The fourth-order valence-electron chi connectivity index (χ4n) is 6.07. The maximum absolute atomic E-state index is 12.7. The number of hydrazine groups is 2. The van der Waals surface area contributed by atoms with Gasteiger partial charge in [-0.25, -0.2) is 8.83 Å². The van der Waals surface area contributed by atoms with Gasteiger partial charge < -0.3 is 21.3 Å². The van der Waals surface area contributed by atoms with Crippen LogP contribution in [0.1, 0.15) is 11.1 Å². The molecule has 0 radical (unpaired) electrons. The second-order valence-corrected chi connectivity index (χ2v) is 16.8. The molecule has 16 heteroatoms. The van der Waals surface area contributed by atoms with Crippen LogP contribution in [0.4, 0.5) is 34.1 Å². The zero-order chi connectivity index (χ0) is 41.2. The van der Waals surface area contributed by atoms with Crippen molar-refractivity contribution in [1.29, 1.82) is 0 Å². The van der Waals surface area contributed by atoms with Crippen molar-refractivity contribution in [3.63, 3.8) is 0 Å². The fraction of sp³-hybridized carbons (Fsp3) is 0. The van der Waals surface area contributed by atoms with Gasteiger partial charge in [0.2, 0.25) is 0 Å². The summed E-state index contributed by atoms with van der Waals surface area (Å²) in [5.74, 6) is 0. The van der Waals surface area contributed by atoms with Crippen LogP contribution in [0.5, 0.6) is 0 Å². The molecule has 0 spiro atoms. The van der Waals surface area contributed by atoms with E-state index in [-0.39, 0.29) is 64.0 Å². The molecule has 11 nitrogen and oxygen atoms in total. The van der Waals surface area contributed by atoms with E-state index in [9.17, 15) is 13.0 Å². The van der Waals surface area contributed by atoms with E-state index in [1.165, 1.54) is 30.0 Å². The Morgan fingerprint density at radius 3 is 1.32 bits per heavy atom. The summed E-state index contributed by atoms with van der Waals surface area (Å²) in [5, 5.41) is 15.3. The third kappa shape index (κ3) is 13.5. The summed E-state index contributed by atoms with van der Waals surface area (Å²) in [5.41, 5.74) is 14.7. The Labute approximate surface area is 415 Å². The molecule has 0 atom stereocenters. The number of para-hydroxylation sites is 4. The van der Waals surface area contributed by atoms with Gasteiger partial charge in [0.1, 0.15) is 4.90 Å². The van der Waals surface area contributed by atoms with Crippen LogP contribution in [-0.4, -0.2) is 80.9 Å². The summed E-state index contributed by atoms with van der Waals surface area (Å²) < 4.78 is 39.5. The van der Waals surface area contributed by atoms with Crippen LogP contribution in [-0.2, 0) is 10.1 Å². The summed E-state index contributed by atoms with van der Waals surface area (Å²) in [6, 6.07) is 52.2. The first-order valence-electron chi connectivity index (χ1n) is 18.8. The Kier molecular flexibility index (Phi) is 16.8. The zero-order valence-electron chi connectivity index (χ0n) is 31.9. The van der Waals surface area contributed by atoms with Gasteiger partial charge in [-0.1, -0.05) is 103 Å². The molecule has 62 heavy (non-hydrogen) atoms. The molecule has 2 heterocycles. The van der Waals surface area contributed by atoms with Crippen molar-refractivity contribution in [2.75, 3.05) is 32.1 Å². The van der Waals surface area contributed by atoms with Gasteiger partial charge in [0.25, 0.3) is 10.1 Å². The quantitative estimate of drug-likeness (QED) is 0.0229. The van der Waals surface area contributed by atoms with Gasteiger partial charge in [-0.05, 0) is 96.1 Å². The standard InChI is InChI=1S/C46H40N8O3S3.2Na.2H/c55-60(56,57)44-29-41(50-46-31-43(48-37-15-7-2-8-16-37)33-54(59-46)52-40-19-11-4-12-20-40)28-25-35(44)24-21-34-22-26-38(27-23-34)49-45-30-42(47-36-13-5-1-6-14-36)32-53(58-45)51-39-17-9-3-10-18-39;;;;/h1-33,47-52H,(H,55,56,57);;;;. The van der Waals surface area contributed by atoms with E-state index < -0.39 is 10.1 Å². The van der Waals surface area contributed by atoms with Crippen molar-refractivity contribution in [3.8, 4) is 0 Å². The number of benzene rings is 6. The molecule has 0 aromatic heterocycles. The molecular weight excluding hydrogens is 855 g/mol. The van der Waals surface area contributed by atoms with Crippen LogP contribution in [0, 0.1) is 0 Å². The third-order valence-corrected chi connectivity index (χ3v) is 11.4. The molecule has 0 unspecified atom stereocenters. The van der Waals surface area contributed by atoms with Crippen molar-refractivity contribution < 1.29 is 13.0 Å². The molecule has 8 rings (SSSR count). The van der Waals surface area contributed by atoms with Crippen LogP contribution in [0.2, 0.25) is 0 Å². The van der Waals surface area contributed by atoms with Crippen molar-refractivity contribution in [2.45, 2.75) is 4.90 Å². The molecule has 6 aromatic carbocycles. The van der Waals surface area contributed by atoms with Crippen LogP contribution >= 0.6 is 23.9 Å². The van der Waals surface area contributed by atoms with Gasteiger partial charge in [-0.3, -0.25) is 15.4 Å². The predicted octanol–water partition coefficient (Wildman–Crippen LogP) is 10.2. The molecule has 0 saturated heterocycles. The van der Waals surface area contributed by atoms with Crippen molar-refractivity contribution in [2.24, 2.45) is 0 Å². The summed E-state index contributed by atoms with van der Waals surface area (Å²) in [4.78, 5) is -0.219. The number of rotatable bonds is 15. The summed E-state index contributed by atoms with van der Waals surface area (Å²) in [6.07, 6.45) is 11.4. The Morgan fingerprint density at radius 2 is 0.871 bits per heavy atom. The molecule has 0 bridgehead atoms. The maximum atomic E-state index is 12.7. The second kappa shape index (κ2) is 22.4. The number of nitrogens with zero attached hydrogens (tertiary/aromatic N) is 2. The van der Waals surface area contributed by atoms with Crippen LogP contribution in [0.3, 0.4) is 0 Å².